The van der Waals surface area contributed by atoms with Gasteiger partial charge in [0, 0.05) is 12.1 Å². The number of nitrogens with one attached hydrogen (secondary N) is 1. The first-order chi connectivity index (χ1) is 8.20. The summed E-state index contributed by atoms with van der Waals surface area (Å²) >= 11 is 0. The molecule has 1 aliphatic rings. The van der Waals surface area contributed by atoms with E-state index < -0.39 is 0 Å². The fraction of sp³-hybridized carbons (Fsp3) is 0.600. The van der Waals surface area contributed by atoms with Crippen molar-refractivity contribution in [3.8, 4) is 0 Å². The van der Waals surface area contributed by atoms with Crippen LogP contribution in [0.1, 0.15) is 51.1 Å². The lowest BCUT2D eigenvalue weighted by atomic mass is 9.80. The van der Waals surface area contributed by atoms with Crippen molar-refractivity contribution in [2.75, 3.05) is 0 Å². The summed E-state index contributed by atoms with van der Waals surface area (Å²) in [5.41, 5.74) is 1.19. The second-order valence-corrected chi connectivity index (χ2v) is 5.16. The van der Waals surface area contributed by atoms with E-state index in [9.17, 15) is 4.39 Å². The molecule has 1 aliphatic carbocycles. The van der Waals surface area contributed by atoms with Gasteiger partial charge >= 0.3 is 0 Å². The molecule has 0 spiro atoms. The molecule has 0 aromatic heterocycles. The molecule has 0 amide bonds. The second kappa shape index (κ2) is 5.63. The van der Waals surface area contributed by atoms with E-state index in [1.165, 1.54) is 24.8 Å². The van der Waals surface area contributed by atoms with Crippen molar-refractivity contribution >= 4 is 0 Å². The molecule has 0 bridgehead atoms. The third-order valence-electron chi connectivity index (χ3n) is 4.00. The van der Waals surface area contributed by atoms with Crippen molar-refractivity contribution < 1.29 is 4.39 Å². The highest BCUT2D eigenvalue weighted by Crippen LogP contribution is 2.31. The molecule has 0 radical (unpaired) electrons. The third kappa shape index (κ3) is 3.06. The van der Waals surface area contributed by atoms with Crippen LogP contribution in [0.3, 0.4) is 0 Å². The van der Waals surface area contributed by atoms with Crippen LogP contribution >= 0.6 is 0 Å². The molecule has 17 heavy (non-hydrogen) atoms. The summed E-state index contributed by atoms with van der Waals surface area (Å²) in [6.45, 7) is 4.45. The van der Waals surface area contributed by atoms with Crippen LogP contribution in [0.25, 0.3) is 0 Å². The van der Waals surface area contributed by atoms with Crippen LogP contribution in [-0.4, -0.2) is 6.04 Å². The summed E-state index contributed by atoms with van der Waals surface area (Å²) in [5.74, 6) is 0.681. The zero-order valence-corrected chi connectivity index (χ0v) is 10.7. The van der Waals surface area contributed by atoms with Crippen molar-refractivity contribution in [2.45, 2.75) is 51.6 Å². The molecule has 1 fully saturated rings. The van der Waals surface area contributed by atoms with E-state index in [4.69, 9.17) is 0 Å². The monoisotopic (exact) mass is 235 g/mol. The molecular weight excluding hydrogens is 213 g/mol. The van der Waals surface area contributed by atoms with E-state index in [1.807, 2.05) is 12.1 Å². The zero-order valence-electron chi connectivity index (χ0n) is 10.7. The van der Waals surface area contributed by atoms with Gasteiger partial charge in [-0.15, -0.1) is 0 Å². The first-order valence-electron chi connectivity index (χ1n) is 6.72. The van der Waals surface area contributed by atoms with Crippen molar-refractivity contribution in [3.05, 3.63) is 35.6 Å². The predicted molar refractivity (Wildman–Crippen MR) is 69.4 cm³/mol. The number of hydrogen-bond acceptors (Lipinski definition) is 1. The fourth-order valence-electron chi connectivity index (χ4n) is 2.54. The minimum Gasteiger partial charge on any atom is -0.307 e. The number of rotatable bonds is 5. The molecule has 0 aliphatic heterocycles. The Morgan fingerprint density at radius 1 is 1.29 bits per heavy atom. The van der Waals surface area contributed by atoms with Crippen molar-refractivity contribution in [2.24, 2.45) is 5.92 Å². The number of benzene rings is 1. The molecule has 1 aromatic rings. The van der Waals surface area contributed by atoms with Gasteiger partial charge < -0.3 is 5.32 Å². The van der Waals surface area contributed by atoms with Crippen LogP contribution in [0, 0.1) is 11.7 Å². The van der Waals surface area contributed by atoms with E-state index in [0.717, 1.165) is 12.3 Å². The van der Waals surface area contributed by atoms with Crippen molar-refractivity contribution in [1.82, 2.24) is 5.32 Å². The topological polar surface area (TPSA) is 12.0 Å². The predicted octanol–water partition coefficient (Wildman–Crippen LogP) is 4.06. The lowest BCUT2D eigenvalue weighted by Gasteiger charge is -2.34. The molecule has 2 rings (SSSR count). The van der Waals surface area contributed by atoms with Crippen LogP contribution in [0.4, 0.5) is 4.39 Å². The van der Waals surface area contributed by atoms with Gasteiger partial charge in [0.2, 0.25) is 0 Å². The zero-order chi connectivity index (χ0) is 12.3. The SMILES string of the molecule is CCC(NC(C)C1CCC1)c1ccc(F)cc1. The molecule has 0 saturated heterocycles. The second-order valence-electron chi connectivity index (χ2n) is 5.16. The van der Waals surface area contributed by atoms with Gasteiger partial charge in [0.25, 0.3) is 0 Å². The summed E-state index contributed by atoms with van der Waals surface area (Å²) in [7, 11) is 0. The Morgan fingerprint density at radius 2 is 1.94 bits per heavy atom. The molecule has 0 heterocycles. The van der Waals surface area contributed by atoms with Gasteiger partial charge in [0.05, 0.1) is 0 Å². The number of halogens is 1. The Balaban J connectivity index is 1.97. The van der Waals surface area contributed by atoms with Crippen LogP contribution in [-0.2, 0) is 0 Å². The molecule has 1 saturated carbocycles. The van der Waals surface area contributed by atoms with Crippen molar-refractivity contribution in [3.63, 3.8) is 0 Å². The number of hydrogen-bond donors (Lipinski definition) is 1. The highest BCUT2D eigenvalue weighted by molar-refractivity contribution is 5.20. The van der Waals surface area contributed by atoms with Crippen LogP contribution in [0.2, 0.25) is 0 Å². The lowest BCUT2D eigenvalue weighted by Crippen LogP contribution is -2.39. The van der Waals surface area contributed by atoms with Gasteiger partial charge in [-0.2, -0.15) is 0 Å². The molecule has 1 aromatic carbocycles. The smallest absolute Gasteiger partial charge is 0.123 e. The van der Waals surface area contributed by atoms with Crippen LogP contribution in [0.15, 0.2) is 24.3 Å². The van der Waals surface area contributed by atoms with Gasteiger partial charge in [-0.1, -0.05) is 25.5 Å². The normalized spacial score (nSPS) is 19.7. The Morgan fingerprint density at radius 3 is 2.41 bits per heavy atom. The molecule has 1 N–H and O–H groups in total. The summed E-state index contributed by atoms with van der Waals surface area (Å²) in [6, 6.07) is 7.81. The van der Waals surface area contributed by atoms with Gasteiger partial charge in [-0.3, -0.25) is 0 Å². The maximum absolute atomic E-state index is 12.9. The molecule has 2 unspecified atom stereocenters. The fourth-order valence-corrected chi connectivity index (χ4v) is 2.54. The summed E-state index contributed by atoms with van der Waals surface area (Å²) in [6.07, 6.45) is 5.13. The first kappa shape index (κ1) is 12.6. The maximum Gasteiger partial charge on any atom is 0.123 e. The van der Waals surface area contributed by atoms with Gasteiger partial charge in [0.1, 0.15) is 5.82 Å². The summed E-state index contributed by atoms with van der Waals surface area (Å²) in [5, 5.41) is 3.68. The first-order valence-corrected chi connectivity index (χ1v) is 6.72. The average Bonchev–Trinajstić information content (AvgIpc) is 2.25. The Hall–Kier alpha value is -0.890. The van der Waals surface area contributed by atoms with Gasteiger partial charge in [-0.05, 0) is 49.8 Å². The summed E-state index contributed by atoms with van der Waals surface area (Å²) in [4.78, 5) is 0. The van der Waals surface area contributed by atoms with E-state index in [1.54, 1.807) is 12.1 Å². The quantitative estimate of drug-likeness (QED) is 0.811. The average molecular weight is 235 g/mol. The molecule has 2 heteroatoms. The van der Waals surface area contributed by atoms with Gasteiger partial charge in [-0.25, -0.2) is 4.39 Å². The molecule has 1 nitrogen and oxygen atoms in total. The minimum absolute atomic E-state index is 0.157. The lowest BCUT2D eigenvalue weighted by molar-refractivity contribution is 0.225. The van der Waals surface area contributed by atoms with E-state index in [0.29, 0.717) is 12.1 Å². The molecular formula is C15H22FN. The van der Waals surface area contributed by atoms with Crippen LogP contribution < -0.4 is 5.32 Å². The van der Waals surface area contributed by atoms with E-state index in [-0.39, 0.29) is 5.82 Å². The minimum atomic E-state index is -0.157. The maximum atomic E-state index is 12.9. The Labute approximate surface area is 103 Å². The summed E-state index contributed by atoms with van der Waals surface area (Å²) < 4.78 is 12.9. The highest BCUT2D eigenvalue weighted by atomic mass is 19.1. The largest absolute Gasteiger partial charge is 0.307 e. The molecule has 94 valence electrons. The van der Waals surface area contributed by atoms with Crippen molar-refractivity contribution in [1.29, 1.82) is 0 Å². The van der Waals surface area contributed by atoms with E-state index in [2.05, 4.69) is 19.2 Å². The Bertz CT molecular complexity index is 342. The standard InChI is InChI=1S/C15H22FN/c1-3-15(13-7-9-14(16)10-8-13)17-11(2)12-5-4-6-12/h7-12,15,17H,3-6H2,1-2H3. The molecule has 2 atom stereocenters. The highest BCUT2D eigenvalue weighted by Gasteiger charge is 2.25. The Kier molecular flexibility index (Phi) is 4.16. The third-order valence-corrected chi connectivity index (χ3v) is 4.00. The van der Waals surface area contributed by atoms with E-state index >= 15 is 0 Å². The van der Waals surface area contributed by atoms with Gasteiger partial charge in [0.15, 0.2) is 0 Å². The van der Waals surface area contributed by atoms with Crippen LogP contribution in [0.5, 0.6) is 0 Å².